The standard InChI is InChI=1S/C18H26N2O14/c1-9(21)30-8-15(31-10(2)22)17(33-12(4)24)18(34-13(5)25)16(32-11(3)23)14(6-19(26)27)7-20(28)29/h14-18H,6-8H2,1-5H3/t15-,16+,17+,18-/m1/s1. The lowest BCUT2D eigenvalue weighted by atomic mass is 9.91. The molecule has 0 aromatic rings. The van der Waals surface area contributed by atoms with Crippen LogP contribution in [0.4, 0.5) is 0 Å². The van der Waals surface area contributed by atoms with Gasteiger partial charge in [-0.25, -0.2) is 0 Å². The summed E-state index contributed by atoms with van der Waals surface area (Å²) in [5, 5.41) is 22.3. The van der Waals surface area contributed by atoms with Gasteiger partial charge in [-0.15, -0.1) is 0 Å². The number of carbonyl (C=O) groups is 5. The second kappa shape index (κ2) is 14.3. The molecule has 0 bridgehead atoms. The fraction of sp³-hybridized carbons (Fsp3) is 0.722. The van der Waals surface area contributed by atoms with E-state index in [1.54, 1.807) is 0 Å². The molecule has 0 fully saturated rings. The lowest BCUT2D eigenvalue weighted by Crippen LogP contribution is -2.56. The lowest BCUT2D eigenvalue weighted by Gasteiger charge is -2.36. The number of rotatable bonds is 14. The largest absolute Gasteiger partial charge is 0.462 e. The van der Waals surface area contributed by atoms with Gasteiger partial charge in [0.15, 0.2) is 24.4 Å². The van der Waals surface area contributed by atoms with Crippen molar-refractivity contribution in [3.8, 4) is 0 Å². The van der Waals surface area contributed by atoms with Crippen molar-refractivity contribution in [3.63, 3.8) is 0 Å². The van der Waals surface area contributed by atoms with Crippen molar-refractivity contribution in [3.05, 3.63) is 20.2 Å². The van der Waals surface area contributed by atoms with Crippen LogP contribution in [-0.2, 0) is 47.7 Å². The lowest BCUT2D eigenvalue weighted by molar-refractivity contribution is -0.528. The molecule has 0 aromatic carbocycles. The number of ether oxygens (including phenoxy) is 5. The predicted octanol–water partition coefficient (Wildman–Crippen LogP) is -0.554. The zero-order chi connectivity index (χ0) is 26.6. The molecule has 0 aliphatic carbocycles. The van der Waals surface area contributed by atoms with Crippen molar-refractivity contribution in [2.45, 2.75) is 59.0 Å². The first-order chi connectivity index (χ1) is 15.6. The molecule has 0 unspecified atom stereocenters. The summed E-state index contributed by atoms with van der Waals surface area (Å²) in [4.78, 5) is 78.8. The van der Waals surface area contributed by atoms with E-state index in [0.717, 1.165) is 34.6 Å². The Labute approximate surface area is 193 Å². The van der Waals surface area contributed by atoms with Crippen LogP contribution in [0.25, 0.3) is 0 Å². The fourth-order valence-corrected chi connectivity index (χ4v) is 2.94. The number of carbonyl (C=O) groups excluding carboxylic acids is 5. The Morgan fingerprint density at radius 2 is 1.00 bits per heavy atom. The molecule has 0 aliphatic rings. The maximum atomic E-state index is 11.8. The van der Waals surface area contributed by atoms with Crippen molar-refractivity contribution in [2.24, 2.45) is 5.92 Å². The van der Waals surface area contributed by atoms with E-state index in [4.69, 9.17) is 23.7 Å². The second-order valence-corrected chi connectivity index (χ2v) is 6.96. The molecule has 0 N–H and O–H groups in total. The highest BCUT2D eigenvalue weighted by Crippen LogP contribution is 2.25. The molecule has 0 radical (unpaired) electrons. The van der Waals surface area contributed by atoms with E-state index >= 15 is 0 Å². The van der Waals surface area contributed by atoms with Crippen LogP contribution in [0, 0.1) is 26.1 Å². The van der Waals surface area contributed by atoms with E-state index in [1.165, 1.54) is 0 Å². The smallest absolute Gasteiger partial charge is 0.303 e. The second-order valence-electron chi connectivity index (χ2n) is 6.96. The number of hydrogen-bond donors (Lipinski definition) is 0. The van der Waals surface area contributed by atoms with Gasteiger partial charge in [-0.2, -0.15) is 0 Å². The summed E-state index contributed by atoms with van der Waals surface area (Å²) in [6, 6.07) is 0. The van der Waals surface area contributed by atoms with Crippen molar-refractivity contribution >= 4 is 29.8 Å². The highest BCUT2D eigenvalue weighted by atomic mass is 16.7. The average Bonchev–Trinajstić information content (AvgIpc) is 2.64. The molecule has 4 atom stereocenters. The first-order valence-electron chi connectivity index (χ1n) is 9.69. The third-order valence-corrected chi connectivity index (χ3v) is 3.92. The van der Waals surface area contributed by atoms with Crippen LogP contribution in [0.15, 0.2) is 0 Å². The molecule has 0 aromatic heterocycles. The molecular weight excluding hydrogens is 468 g/mol. The van der Waals surface area contributed by atoms with Crippen LogP contribution in [0.5, 0.6) is 0 Å². The van der Waals surface area contributed by atoms with Crippen LogP contribution in [-0.4, -0.2) is 83.8 Å². The van der Waals surface area contributed by atoms with Gasteiger partial charge in [0.05, 0.1) is 0 Å². The number of esters is 5. The van der Waals surface area contributed by atoms with E-state index < -0.39 is 89.7 Å². The highest BCUT2D eigenvalue weighted by molar-refractivity contribution is 5.69. The van der Waals surface area contributed by atoms with E-state index in [2.05, 4.69) is 0 Å². The van der Waals surface area contributed by atoms with Gasteiger partial charge >= 0.3 is 29.8 Å². The van der Waals surface area contributed by atoms with Crippen LogP contribution < -0.4 is 0 Å². The molecule has 0 spiro atoms. The van der Waals surface area contributed by atoms with Gasteiger partial charge in [0.1, 0.15) is 12.5 Å². The van der Waals surface area contributed by atoms with Crippen LogP contribution >= 0.6 is 0 Å². The molecule has 0 saturated heterocycles. The molecule has 0 heterocycles. The van der Waals surface area contributed by atoms with Crippen LogP contribution in [0.3, 0.4) is 0 Å². The zero-order valence-electron chi connectivity index (χ0n) is 19.1. The Balaban J connectivity index is 6.76. The Bertz CT molecular complexity index is 782. The van der Waals surface area contributed by atoms with Gasteiger partial charge in [-0.3, -0.25) is 44.2 Å². The minimum atomic E-state index is -1.94. The molecular formula is C18H26N2O14. The third kappa shape index (κ3) is 12.3. The van der Waals surface area contributed by atoms with Gasteiger partial charge in [0, 0.05) is 44.5 Å². The minimum absolute atomic E-state index is 0.730. The molecule has 192 valence electrons. The molecule has 0 aliphatic heterocycles. The van der Waals surface area contributed by atoms with Gasteiger partial charge < -0.3 is 23.7 Å². The Morgan fingerprint density at radius 3 is 1.35 bits per heavy atom. The Morgan fingerprint density at radius 1 is 0.618 bits per heavy atom. The molecule has 0 amide bonds. The Hall–Kier alpha value is -3.85. The molecule has 16 nitrogen and oxygen atoms in total. The predicted molar refractivity (Wildman–Crippen MR) is 106 cm³/mol. The van der Waals surface area contributed by atoms with E-state index in [0.29, 0.717) is 0 Å². The van der Waals surface area contributed by atoms with Crippen LogP contribution in [0.1, 0.15) is 34.6 Å². The summed E-state index contributed by atoms with van der Waals surface area (Å²) >= 11 is 0. The number of nitro groups is 2. The highest BCUT2D eigenvalue weighted by Gasteiger charge is 2.49. The van der Waals surface area contributed by atoms with E-state index in [1.807, 2.05) is 0 Å². The summed E-state index contributed by atoms with van der Waals surface area (Å²) in [6.45, 7) is 1.73. The summed E-state index contributed by atoms with van der Waals surface area (Å²) in [5.41, 5.74) is 0. The quantitative estimate of drug-likeness (QED) is 0.128. The minimum Gasteiger partial charge on any atom is -0.462 e. The maximum Gasteiger partial charge on any atom is 0.303 e. The normalized spacial score (nSPS) is 14.1. The topological polar surface area (TPSA) is 218 Å². The Kier molecular flexibility index (Phi) is 12.7. The summed E-state index contributed by atoms with van der Waals surface area (Å²) in [6.07, 6.45) is -7.35. The number of hydrogen-bond acceptors (Lipinski definition) is 14. The molecule has 16 heteroatoms. The van der Waals surface area contributed by atoms with E-state index in [9.17, 15) is 44.2 Å². The summed E-state index contributed by atoms with van der Waals surface area (Å²) < 4.78 is 25.1. The van der Waals surface area contributed by atoms with E-state index in [-0.39, 0.29) is 0 Å². The van der Waals surface area contributed by atoms with Crippen molar-refractivity contribution in [1.82, 2.24) is 0 Å². The first kappa shape index (κ1) is 30.1. The first-order valence-corrected chi connectivity index (χ1v) is 9.69. The fourth-order valence-electron chi connectivity index (χ4n) is 2.94. The maximum absolute atomic E-state index is 11.8. The third-order valence-electron chi connectivity index (χ3n) is 3.92. The van der Waals surface area contributed by atoms with Gasteiger partial charge in [0.25, 0.3) is 0 Å². The number of nitrogens with zero attached hydrogens (tertiary/aromatic N) is 2. The molecule has 0 saturated carbocycles. The van der Waals surface area contributed by atoms with Gasteiger partial charge in [-0.1, -0.05) is 0 Å². The SMILES string of the molecule is CC(=O)OC[C@@H](OC(C)=O)[C@H](OC(C)=O)[C@H](OC(C)=O)[C@@H](OC(C)=O)C(C[N+](=O)[O-])C[N+](=O)[O-]. The zero-order valence-corrected chi connectivity index (χ0v) is 19.1. The molecule has 34 heavy (non-hydrogen) atoms. The summed E-state index contributed by atoms with van der Waals surface area (Å²) in [5.74, 6) is -6.61. The van der Waals surface area contributed by atoms with Crippen molar-refractivity contribution in [1.29, 1.82) is 0 Å². The molecule has 0 rings (SSSR count). The monoisotopic (exact) mass is 494 g/mol. The van der Waals surface area contributed by atoms with Gasteiger partial charge in [-0.05, 0) is 0 Å². The van der Waals surface area contributed by atoms with Gasteiger partial charge in [0.2, 0.25) is 13.1 Å². The van der Waals surface area contributed by atoms with Crippen molar-refractivity contribution in [2.75, 3.05) is 19.7 Å². The van der Waals surface area contributed by atoms with Crippen molar-refractivity contribution < 1.29 is 57.5 Å². The van der Waals surface area contributed by atoms with Crippen LogP contribution in [0.2, 0.25) is 0 Å². The average molecular weight is 494 g/mol. The summed E-state index contributed by atoms with van der Waals surface area (Å²) in [7, 11) is 0.